The number of oxime groups is 1. The van der Waals surface area contributed by atoms with Gasteiger partial charge in [0.2, 0.25) is 0 Å². The SMILES string of the molecule is Cc1cc(/C(N)=N/O)cc(N2CCN(C(C)(C)C)CC2)n1. The van der Waals surface area contributed by atoms with Crippen molar-refractivity contribution in [1.29, 1.82) is 0 Å². The van der Waals surface area contributed by atoms with Crippen molar-refractivity contribution in [3.8, 4) is 0 Å². The number of pyridine rings is 1. The molecule has 0 amide bonds. The zero-order valence-corrected chi connectivity index (χ0v) is 13.3. The van der Waals surface area contributed by atoms with E-state index in [1.807, 2.05) is 19.1 Å². The van der Waals surface area contributed by atoms with Gasteiger partial charge >= 0.3 is 0 Å². The molecule has 0 bridgehead atoms. The number of nitrogens with zero attached hydrogens (tertiary/aromatic N) is 4. The van der Waals surface area contributed by atoms with Crippen LogP contribution in [0.3, 0.4) is 0 Å². The topological polar surface area (TPSA) is 78.0 Å². The average molecular weight is 291 g/mol. The Hall–Kier alpha value is -1.82. The van der Waals surface area contributed by atoms with Crippen LogP contribution in [0.25, 0.3) is 0 Å². The number of amidine groups is 1. The van der Waals surface area contributed by atoms with Crippen LogP contribution in [0.15, 0.2) is 17.3 Å². The zero-order valence-electron chi connectivity index (χ0n) is 13.3. The number of aromatic nitrogens is 1. The van der Waals surface area contributed by atoms with E-state index in [9.17, 15) is 0 Å². The van der Waals surface area contributed by atoms with E-state index < -0.39 is 0 Å². The molecule has 21 heavy (non-hydrogen) atoms. The molecule has 0 spiro atoms. The van der Waals surface area contributed by atoms with Gasteiger partial charge in [-0.15, -0.1) is 0 Å². The van der Waals surface area contributed by atoms with Gasteiger partial charge in [-0.05, 0) is 39.8 Å². The van der Waals surface area contributed by atoms with Crippen molar-refractivity contribution in [3.05, 3.63) is 23.4 Å². The Morgan fingerprint density at radius 2 is 1.86 bits per heavy atom. The summed E-state index contributed by atoms with van der Waals surface area (Å²) in [6.07, 6.45) is 0. The number of rotatable bonds is 2. The molecular formula is C15H25N5O. The highest BCUT2D eigenvalue weighted by Gasteiger charge is 2.26. The predicted octanol–water partition coefficient (Wildman–Crippen LogP) is 1.41. The number of piperazine rings is 1. The van der Waals surface area contributed by atoms with Gasteiger partial charge in [-0.2, -0.15) is 0 Å². The molecule has 1 aliphatic heterocycles. The summed E-state index contributed by atoms with van der Waals surface area (Å²) in [4.78, 5) is 9.31. The summed E-state index contributed by atoms with van der Waals surface area (Å²) in [5.74, 6) is 1.01. The van der Waals surface area contributed by atoms with Crippen LogP contribution in [0.2, 0.25) is 0 Å². The lowest BCUT2D eigenvalue weighted by atomic mass is 10.0. The summed E-state index contributed by atoms with van der Waals surface area (Å²) in [6, 6.07) is 3.71. The molecule has 0 aromatic carbocycles. The molecule has 0 radical (unpaired) electrons. The van der Waals surface area contributed by atoms with Crippen molar-refractivity contribution in [3.63, 3.8) is 0 Å². The van der Waals surface area contributed by atoms with E-state index in [-0.39, 0.29) is 11.4 Å². The first-order valence-corrected chi connectivity index (χ1v) is 7.28. The van der Waals surface area contributed by atoms with Crippen LogP contribution in [0.1, 0.15) is 32.0 Å². The van der Waals surface area contributed by atoms with Crippen molar-refractivity contribution in [2.45, 2.75) is 33.2 Å². The molecule has 1 aromatic heterocycles. The van der Waals surface area contributed by atoms with E-state index in [4.69, 9.17) is 10.9 Å². The molecule has 1 saturated heterocycles. The van der Waals surface area contributed by atoms with Crippen LogP contribution in [0.4, 0.5) is 5.82 Å². The minimum Gasteiger partial charge on any atom is -0.409 e. The van der Waals surface area contributed by atoms with Gasteiger partial charge < -0.3 is 15.8 Å². The van der Waals surface area contributed by atoms with E-state index >= 15 is 0 Å². The van der Waals surface area contributed by atoms with Crippen LogP contribution in [-0.4, -0.2) is 52.6 Å². The van der Waals surface area contributed by atoms with Crippen molar-refractivity contribution in [1.82, 2.24) is 9.88 Å². The summed E-state index contributed by atoms with van der Waals surface area (Å²) in [7, 11) is 0. The lowest BCUT2D eigenvalue weighted by Gasteiger charge is -2.42. The van der Waals surface area contributed by atoms with E-state index in [0.29, 0.717) is 5.56 Å². The normalized spacial score (nSPS) is 18.1. The van der Waals surface area contributed by atoms with Gasteiger partial charge in [-0.3, -0.25) is 4.90 Å². The molecule has 1 aliphatic rings. The molecular weight excluding hydrogens is 266 g/mol. The van der Waals surface area contributed by atoms with Crippen LogP contribution >= 0.6 is 0 Å². The van der Waals surface area contributed by atoms with Crippen molar-refractivity contribution >= 4 is 11.7 Å². The smallest absolute Gasteiger partial charge is 0.170 e. The van der Waals surface area contributed by atoms with E-state index in [1.54, 1.807) is 0 Å². The second-order valence-electron chi connectivity index (χ2n) is 6.49. The van der Waals surface area contributed by atoms with Gasteiger partial charge in [-0.25, -0.2) is 4.98 Å². The Bertz CT molecular complexity index is 527. The first-order valence-electron chi connectivity index (χ1n) is 7.28. The summed E-state index contributed by atoms with van der Waals surface area (Å²) in [6.45, 7) is 12.5. The lowest BCUT2D eigenvalue weighted by molar-refractivity contribution is 0.128. The van der Waals surface area contributed by atoms with E-state index in [1.165, 1.54) is 0 Å². The van der Waals surface area contributed by atoms with Gasteiger partial charge in [0.15, 0.2) is 5.84 Å². The second kappa shape index (κ2) is 5.89. The number of aryl methyl sites for hydroxylation is 1. The van der Waals surface area contributed by atoms with Crippen LogP contribution in [0.5, 0.6) is 0 Å². The highest BCUT2D eigenvalue weighted by molar-refractivity contribution is 5.97. The van der Waals surface area contributed by atoms with Crippen LogP contribution < -0.4 is 10.6 Å². The van der Waals surface area contributed by atoms with Crippen LogP contribution in [0, 0.1) is 6.92 Å². The maximum Gasteiger partial charge on any atom is 0.170 e. The van der Waals surface area contributed by atoms with Gasteiger partial charge in [0.05, 0.1) is 0 Å². The molecule has 0 saturated carbocycles. The fourth-order valence-corrected chi connectivity index (χ4v) is 2.63. The Labute approximate surface area is 126 Å². The molecule has 0 atom stereocenters. The molecule has 2 heterocycles. The Morgan fingerprint density at radius 3 is 2.38 bits per heavy atom. The van der Waals surface area contributed by atoms with Gasteiger partial charge in [0.25, 0.3) is 0 Å². The molecule has 1 aromatic rings. The number of hydrogen-bond acceptors (Lipinski definition) is 5. The maximum atomic E-state index is 8.83. The van der Waals surface area contributed by atoms with Crippen molar-refractivity contribution in [2.24, 2.45) is 10.9 Å². The second-order valence-corrected chi connectivity index (χ2v) is 6.49. The highest BCUT2D eigenvalue weighted by atomic mass is 16.4. The molecule has 0 aliphatic carbocycles. The molecule has 1 fully saturated rings. The van der Waals surface area contributed by atoms with Gasteiger partial charge in [-0.1, -0.05) is 5.16 Å². The number of nitrogens with two attached hydrogens (primary N) is 1. The minimum absolute atomic E-state index is 0.120. The zero-order chi connectivity index (χ0) is 15.6. The van der Waals surface area contributed by atoms with Gasteiger partial charge in [0.1, 0.15) is 5.82 Å². The highest BCUT2D eigenvalue weighted by Crippen LogP contribution is 2.20. The largest absolute Gasteiger partial charge is 0.409 e. The van der Waals surface area contributed by atoms with E-state index in [0.717, 1.165) is 37.7 Å². The monoisotopic (exact) mass is 291 g/mol. The fourth-order valence-electron chi connectivity index (χ4n) is 2.63. The summed E-state index contributed by atoms with van der Waals surface area (Å²) in [5.41, 5.74) is 7.46. The first-order chi connectivity index (χ1) is 9.81. The molecule has 116 valence electrons. The standard InChI is InChI=1S/C15H25N5O/c1-11-9-12(14(16)18-21)10-13(17-11)19-5-7-20(8-6-19)15(2,3)4/h9-10,21H,5-8H2,1-4H3,(H2,16,18). The number of anilines is 1. The third kappa shape index (κ3) is 3.64. The molecule has 6 nitrogen and oxygen atoms in total. The Morgan fingerprint density at radius 1 is 1.24 bits per heavy atom. The lowest BCUT2D eigenvalue weighted by Crippen LogP contribution is -2.53. The Balaban J connectivity index is 2.15. The fraction of sp³-hybridized carbons (Fsp3) is 0.600. The third-order valence-corrected chi connectivity index (χ3v) is 3.90. The minimum atomic E-state index is 0.120. The molecule has 6 heteroatoms. The predicted molar refractivity (Wildman–Crippen MR) is 85.0 cm³/mol. The third-order valence-electron chi connectivity index (χ3n) is 3.90. The van der Waals surface area contributed by atoms with Crippen LogP contribution in [-0.2, 0) is 0 Å². The summed E-state index contributed by atoms with van der Waals surface area (Å²) < 4.78 is 0. The summed E-state index contributed by atoms with van der Waals surface area (Å²) in [5, 5.41) is 11.9. The maximum absolute atomic E-state index is 8.83. The quantitative estimate of drug-likeness (QED) is 0.373. The number of hydrogen-bond donors (Lipinski definition) is 2. The van der Waals surface area contributed by atoms with Crippen molar-refractivity contribution in [2.75, 3.05) is 31.1 Å². The Kier molecular flexibility index (Phi) is 4.37. The van der Waals surface area contributed by atoms with E-state index in [2.05, 4.69) is 40.7 Å². The molecule has 2 rings (SSSR count). The molecule has 0 unspecified atom stereocenters. The van der Waals surface area contributed by atoms with Gasteiger partial charge in [0, 0.05) is 43.0 Å². The average Bonchev–Trinajstić information content (AvgIpc) is 2.45. The summed E-state index contributed by atoms with van der Waals surface area (Å²) >= 11 is 0. The van der Waals surface area contributed by atoms with Crippen molar-refractivity contribution < 1.29 is 5.21 Å². The molecule has 3 N–H and O–H groups in total. The first kappa shape index (κ1) is 15.6.